The van der Waals surface area contributed by atoms with Gasteiger partial charge in [0.1, 0.15) is 16.4 Å². The highest BCUT2D eigenvalue weighted by atomic mass is 32.2. The van der Waals surface area contributed by atoms with Crippen LogP contribution in [0.1, 0.15) is 54.5 Å². The maximum atomic E-state index is 11.3. The minimum atomic E-state index is -1.00. The zero-order valence-corrected chi connectivity index (χ0v) is 12.1. The van der Waals surface area contributed by atoms with Gasteiger partial charge in [0.15, 0.2) is 0 Å². The Morgan fingerprint density at radius 2 is 2.16 bits per heavy atom. The summed E-state index contributed by atoms with van der Waals surface area (Å²) in [5.74, 6) is 0.489. The maximum absolute atomic E-state index is 11.3. The second-order valence-electron chi connectivity index (χ2n) is 4.42. The van der Waals surface area contributed by atoms with E-state index in [1.807, 2.05) is 13.8 Å². The number of carbonyl (C=O) groups is 1. The second kappa shape index (κ2) is 7.10. The molecule has 1 rings (SSSR count). The minimum Gasteiger partial charge on any atom is -0.478 e. The van der Waals surface area contributed by atoms with Crippen molar-refractivity contribution < 1.29 is 9.90 Å². The topological polar surface area (TPSA) is 86.9 Å². The summed E-state index contributed by atoms with van der Waals surface area (Å²) in [6.45, 7) is 5.63. The van der Waals surface area contributed by atoms with Crippen LogP contribution in [0, 0.1) is 18.3 Å². The number of hydrogen-bond donors (Lipinski definition) is 1. The van der Waals surface area contributed by atoms with Crippen LogP contribution in [0.25, 0.3) is 0 Å². The van der Waals surface area contributed by atoms with E-state index >= 15 is 0 Å². The van der Waals surface area contributed by atoms with Gasteiger partial charge in [-0.3, -0.25) is 0 Å². The van der Waals surface area contributed by atoms with E-state index in [4.69, 9.17) is 5.26 Å². The van der Waals surface area contributed by atoms with E-state index < -0.39 is 5.97 Å². The standard InChI is InChI=1S/C13H17N3O2S/c1-8(2)11-15-9(3)10(13(17)18)12(16-11)19-7-5-4-6-14/h8H,4-5,7H2,1-3H3,(H,17,18). The highest BCUT2D eigenvalue weighted by Crippen LogP contribution is 2.25. The molecule has 0 atom stereocenters. The van der Waals surface area contributed by atoms with Crippen LogP contribution in [0.5, 0.6) is 0 Å². The van der Waals surface area contributed by atoms with Gasteiger partial charge in [0, 0.05) is 18.1 Å². The summed E-state index contributed by atoms with van der Waals surface area (Å²) in [5, 5.41) is 18.2. The fraction of sp³-hybridized carbons (Fsp3) is 0.538. The summed E-state index contributed by atoms with van der Waals surface area (Å²) in [6, 6.07) is 2.07. The van der Waals surface area contributed by atoms with Crippen LogP contribution < -0.4 is 0 Å². The Kier molecular flexibility index (Phi) is 5.77. The summed E-state index contributed by atoms with van der Waals surface area (Å²) in [7, 11) is 0. The molecule has 19 heavy (non-hydrogen) atoms. The largest absolute Gasteiger partial charge is 0.478 e. The lowest BCUT2D eigenvalue weighted by atomic mass is 10.2. The van der Waals surface area contributed by atoms with E-state index in [1.165, 1.54) is 11.8 Å². The van der Waals surface area contributed by atoms with Crippen molar-refractivity contribution in [2.75, 3.05) is 5.75 Å². The van der Waals surface area contributed by atoms with Crippen LogP contribution in [0.15, 0.2) is 5.03 Å². The number of aromatic carboxylic acids is 1. The molecule has 0 amide bonds. The first-order valence-electron chi connectivity index (χ1n) is 6.09. The molecular formula is C13H17N3O2S. The SMILES string of the molecule is Cc1nc(C(C)C)nc(SCCCC#N)c1C(=O)O. The highest BCUT2D eigenvalue weighted by molar-refractivity contribution is 7.99. The molecule has 0 aliphatic carbocycles. The first-order valence-corrected chi connectivity index (χ1v) is 7.07. The summed E-state index contributed by atoms with van der Waals surface area (Å²) in [6.07, 6.45) is 1.19. The molecule has 0 aliphatic heterocycles. The number of unbranched alkanes of at least 4 members (excludes halogenated alkanes) is 1. The molecule has 0 bridgehead atoms. The van der Waals surface area contributed by atoms with Gasteiger partial charge in [-0.25, -0.2) is 14.8 Å². The summed E-state index contributed by atoms with van der Waals surface area (Å²) in [4.78, 5) is 19.8. The molecule has 1 aromatic heterocycles. The Hall–Kier alpha value is -1.61. The summed E-state index contributed by atoms with van der Waals surface area (Å²) >= 11 is 1.38. The number of carboxylic acid groups (broad SMARTS) is 1. The van der Waals surface area contributed by atoms with E-state index in [-0.39, 0.29) is 11.5 Å². The van der Waals surface area contributed by atoms with Crippen molar-refractivity contribution in [1.82, 2.24) is 9.97 Å². The van der Waals surface area contributed by atoms with Gasteiger partial charge >= 0.3 is 5.97 Å². The highest BCUT2D eigenvalue weighted by Gasteiger charge is 2.19. The lowest BCUT2D eigenvalue weighted by molar-refractivity contribution is 0.0690. The lowest BCUT2D eigenvalue weighted by Gasteiger charge is -2.11. The van der Waals surface area contributed by atoms with Crippen molar-refractivity contribution in [2.45, 2.75) is 44.6 Å². The molecule has 6 heteroatoms. The van der Waals surface area contributed by atoms with Gasteiger partial charge < -0.3 is 5.11 Å². The maximum Gasteiger partial charge on any atom is 0.340 e. The van der Waals surface area contributed by atoms with Gasteiger partial charge in [-0.15, -0.1) is 11.8 Å². The number of carboxylic acids is 1. The molecule has 1 N–H and O–H groups in total. The molecule has 1 aromatic rings. The van der Waals surface area contributed by atoms with Gasteiger partial charge in [-0.1, -0.05) is 13.8 Å². The smallest absolute Gasteiger partial charge is 0.340 e. The van der Waals surface area contributed by atoms with Crippen LogP contribution in [0.2, 0.25) is 0 Å². The Morgan fingerprint density at radius 1 is 1.47 bits per heavy atom. The molecule has 0 radical (unpaired) electrons. The average Bonchev–Trinajstić information content (AvgIpc) is 2.33. The van der Waals surface area contributed by atoms with Crippen LogP contribution in [0.3, 0.4) is 0 Å². The molecule has 0 saturated carbocycles. The molecule has 102 valence electrons. The number of hydrogen-bond acceptors (Lipinski definition) is 5. The first-order chi connectivity index (χ1) is 8.97. The number of aryl methyl sites for hydroxylation is 1. The Morgan fingerprint density at radius 3 is 2.68 bits per heavy atom. The molecular weight excluding hydrogens is 262 g/mol. The third-order valence-electron chi connectivity index (χ3n) is 2.48. The molecule has 0 aliphatic rings. The van der Waals surface area contributed by atoms with Crippen LogP contribution in [0.4, 0.5) is 0 Å². The van der Waals surface area contributed by atoms with Crippen molar-refractivity contribution in [3.8, 4) is 6.07 Å². The van der Waals surface area contributed by atoms with E-state index in [1.54, 1.807) is 6.92 Å². The summed E-state index contributed by atoms with van der Waals surface area (Å²) < 4.78 is 0. The Balaban J connectivity index is 3.03. The van der Waals surface area contributed by atoms with Gasteiger partial charge in [-0.2, -0.15) is 5.26 Å². The molecule has 0 unspecified atom stereocenters. The predicted octanol–water partition coefficient (Wildman–Crippen LogP) is 3.00. The van der Waals surface area contributed by atoms with Crippen LogP contribution in [-0.2, 0) is 0 Å². The number of nitrogens with zero attached hydrogens (tertiary/aromatic N) is 3. The quantitative estimate of drug-likeness (QED) is 0.489. The van der Waals surface area contributed by atoms with E-state index in [2.05, 4.69) is 16.0 Å². The fourth-order valence-electron chi connectivity index (χ4n) is 1.50. The third kappa shape index (κ3) is 4.21. The van der Waals surface area contributed by atoms with Crippen molar-refractivity contribution in [3.63, 3.8) is 0 Å². The van der Waals surface area contributed by atoms with Gasteiger partial charge in [0.05, 0.1) is 11.8 Å². The Labute approximate surface area is 117 Å². The average molecular weight is 279 g/mol. The van der Waals surface area contributed by atoms with Crippen LogP contribution >= 0.6 is 11.8 Å². The van der Waals surface area contributed by atoms with Gasteiger partial charge in [0.25, 0.3) is 0 Å². The number of aromatic nitrogens is 2. The summed E-state index contributed by atoms with van der Waals surface area (Å²) in [5.41, 5.74) is 0.667. The fourth-order valence-corrected chi connectivity index (χ4v) is 2.52. The molecule has 0 aromatic carbocycles. The van der Waals surface area contributed by atoms with E-state index in [0.29, 0.717) is 28.7 Å². The molecule has 0 spiro atoms. The van der Waals surface area contributed by atoms with Crippen molar-refractivity contribution in [3.05, 3.63) is 17.1 Å². The minimum absolute atomic E-state index is 0.153. The predicted molar refractivity (Wildman–Crippen MR) is 73.4 cm³/mol. The Bertz CT molecular complexity index is 509. The second-order valence-corrected chi connectivity index (χ2v) is 5.50. The van der Waals surface area contributed by atoms with Crippen molar-refractivity contribution >= 4 is 17.7 Å². The van der Waals surface area contributed by atoms with E-state index in [9.17, 15) is 9.90 Å². The normalized spacial score (nSPS) is 10.5. The number of thioether (sulfide) groups is 1. The van der Waals surface area contributed by atoms with Gasteiger partial charge in [0.2, 0.25) is 0 Å². The lowest BCUT2D eigenvalue weighted by Crippen LogP contribution is -2.10. The van der Waals surface area contributed by atoms with Crippen molar-refractivity contribution in [1.29, 1.82) is 5.26 Å². The zero-order valence-electron chi connectivity index (χ0n) is 11.3. The third-order valence-corrected chi connectivity index (χ3v) is 3.54. The molecule has 0 saturated heterocycles. The van der Waals surface area contributed by atoms with Gasteiger partial charge in [-0.05, 0) is 13.3 Å². The molecule has 5 nitrogen and oxygen atoms in total. The van der Waals surface area contributed by atoms with Crippen LogP contribution in [-0.4, -0.2) is 26.8 Å². The molecule has 1 heterocycles. The number of rotatable bonds is 6. The number of nitriles is 1. The zero-order chi connectivity index (χ0) is 14.4. The monoisotopic (exact) mass is 279 g/mol. The van der Waals surface area contributed by atoms with E-state index in [0.717, 1.165) is 6.42 Å². The molecule has 0 fully saturated rings. The van der Waals surface area contributed by atoms with Crippen molar-refractivity contribution in [2.24, 2.45) is 0 Å². The first kappa shape index (κ1) is 15.4.